The second-order valence-corrected chi connectivity index (χ2v) is 6.97. The van der Waals surface area contributed by atoms with Crippen molar-refractivity contribution in [1.29, 1.82) is 0 Å². The molecule has 1 aromatic heterocycles. The number of nitrogens with one attached hydrogen (secondary N) is 1. The third-order valence-corrected chi connectivity index (χ3v) is 5.09. The molecule has 0 saturated carbocycles. The lowest BCUT2D eigenvalue weighted by molar-refractivity contribution is 0.631. The smallest absolute Gasteiger partial charge is 0.136 e. The molecule has 2 heterocycles. The standard InChI is InChI=1S/C23H17ClN2O/c24-16-10-8-15(9-11-16)17-6-3-7-21-20(17)14-22(27-21)18-4-1-2-5-19(18)23-25-12-13-26-23/h1-11,14H,12-13H2,(H,25,26). The van der Waals surface area contributed by atoms with Crippen molar-refractivity contribution in [2.75, 3.05) is 13.1 Å². The topological polar surface area (TPSA) is 37.5 Å². The number of hydrogen-bond acceptors (Lipinski definition) is 3. The lowest BCUT2D eigenvalue weighted by Gasteiger charge is -2.07. The van der Waals surface area contributed by atoms with Gasteiger partial charge in [-0.3, -0.25) is 4.99 Å². The molecule has 4 aromatic rings. The van der Waals surface area contributed by atoms with E-state index in [4.69, 9.17) is 16.0 Å². The van der Waals surface area contributed by atoms with Crippen molar-refractivity contribution in [3.63, 3.8) is 0 Å². The summed E-state index contributed by atoms with van der Waals surface area (Å²) >= 11 is 6.05. The molecule has 0 radical (unpaired) electrons. The number of hydrogen-bond donors (Lipinski definition) is 1. The van der Waals surface area contributed by atoms with Crippen molar-refractivity contribution in [3.8, 4) is 22.5 Å². The van der Waals surface area contributed by atoms with Gasteiger partial charge in [0.05, 0.1) is 6.54 Å². The Hall–Kier alpha value is -3.04. The van der Waals surface area contributed by atoms with E-state index in [0.29, 0.717) is 0 Å². The minimum Gasteiger partial charge on any atom is -0.456 e. The van der Waals surface area contributed by atoms with Crippen LogP contribution in [0.2, 0.25) is 5.02 Å². The van der Waals surface area contributed by atoms with E-state index in [9.17, 15) is 0 Å². The maximum absolute atomic E-state index is 6.23. The van der Waals surface area contributed by atoms with Gasteiger partial charge in [-0.05, 0) is 35.4 Å². The molecule has 0 fully saturated rings. The normalized spacial score (nSPS) is 13.6. The van der Waals surface area contributed by atoms with Crippen LogP contribution in [0.15, 0.2) is 82.2 Å². The maximum atomic E-state index is 6.23. The number of nitrogens with zero attached hydrogens (tertiary/aromatic N) is 1. The summed E-state index contributed by atoms with van der Waals surface area (Å²) in [5.74, 6) is 1.78. The molecule has 1 aliphatic rings. The first-order chi connectivity index (χ1) is 13.3. The summed E-state index contributed by atoms with van der Waals surface area (Å²) in [5, 5.41) is 5.18. The third kappa shape index (κ3) is 2.90. The van der Waals surface area contributed by atoms with Crippen LogP contribution >= 0.6 is 11.6 Å². The molecule has 4 heteroatoms. The van der Waals surface area contributed by atoms with Crippen molar-refractivity contribution in [3.05, 3.63) is 83.4 Å². The average Bonchev–Trinajstić information content (AvgIpc) is 3.38. The molecule has 1 N–H and O–H groups in total. The van der Waals surface area contributed by atoms with Gasteiger partial charge in [0.2, 0.25) is 0 Å². The highest BCUT2D eigenvalue weighted by Crippen LogP contribution is 2.36. The fourth-order valence-electron chi connectivity index (χ4n) is 3.56. The molecule has 0 spiro atoms. The number of amidine groups is 1. The minimum atomic E-state index is 0.734. The van der Waals surface area contributed by atoms with E-state index in [-0.39, 0.29) is 0 Å². The zero-order valence-corrected chi connectivity index (χ0v) is 15.3. The lowest BCUT2D eigenvalue weighted by atomic mass is 10.0. The summed E-state index contributed by atoms with van der Waals surface area (Å²) in [6.45, 7) is 1.69. The van der Waals surface area contributed by atoms with E-state index in [1.165, 1.54) is 0 Å². The first-order valence-corrected chi connectivity index (χ1v) is 9.34. The maximum Gasteiger partial charge on any atom is 0.136 e. The van der Waals surface area contributed by atoms with Crippen molar-refractivity contribution in [2.45, 2.75) is 0 Å². The highest BCUT2D eigenvalue weighted by atomic mass is 35.5. The molecule has 0 bridgehead atoms. The predicted octanol–water partition coefficient (Wildman–Crippen LogP) is 5.77. The molecule has 5 rings (SSSR count). The van der Waals surface area contributed by atoms with Crippen molar-refractivity contribution < 1.29 is 4.42 Å². The van der Waals surface area contributed by atoms with Gasteiger partial charge in [0.1, 0.15) is 17.2 Å². The summed E-state index contributed by atoms with van der Waals surface area (Å²) < 4.78 is 6.23. The number of aliphatic imine (C=N–C) groups is 1. The van der Waals surface area contributed by atoms with Crippen LogP contribution in [0, 0.1) is 0 Å². The van der Waals surface area contributed by atoms with Crippen molar-refractivity contribution in [2.24, 2.45) is 4.99 Å². The molecule has 0 amide bonds. The van der Waals surface area contributed by atoms with Crippen molar-refractivity contribution >= 4 is 28.4 Å². The number of furan rings is 1. The van der Waals surface area contributed by atoms with E-state index >= 15 is 0 Å². The molecule has 3 aromatic carbocycles. The fourth-order valence-corrected chi connectivity index (χ4v) is 3.68. The average molecular weight is 373 g/mol. The number of rotatable bonds is 3. The third-order valence-electron chi connectivity index (χ3n) is 4.84. The van der Waals surface area contributed by atoms with Gasteiger partial charge in [-0.15, -0.1) is 0 Å². The predicted molar refractivity (Wildman–Crippen MR) is 112 cm³/mol. The molecule has 0 unspecified atom stereocenters. The first-order valence-electron chi connectivity index (χ1n) is 8.96. The summed E-state index contributed by atoms with van der Waals surface area (Å²) in [6.07, 6.45) is 0. The van der Waals surface area contributed by atoms with Gasteiger partial charge in [-0.25, -0.2) is 0 Å². The lowest BCUT2D eigenvalue weighted by Crippen LogP contribution is -2.20. The minimum absolute atomic E-state index is 0.734. The van der Waals surface area contributed by atoms with E-state index in [1.54, 1.807) is 0 Å². The van der Waals surface area contributed by atoms with Crippen LogP contribution in [0.1, 0.15) is 5.56 Å². The number of halogens is 1. The van der Waals surface area contributed by atoms with Crippen LogP contribution < -0.4 is 5.32 Å². The van der Waals surface area contributed by atoms with Gasteiger partial charge in [-0.2, -0.15) is 0 Å². The zero-order valence-electron chi connectivity index (χ0n) is 14.6. The Morgan fingerprint density at radius 1 is 0.852 bits per heavy atom. The van der Waals surface area contributed by atoms with Crippen LogP contribution in [0.3, 0.4) is 0 Å². The monoisotopic (exact) mass is 372 g/mol. The van der Waals surface area contributed by atoms with E-state index in [2.05, 4.69) is 34.6 Å². The molecule has 3 nitrogen and oxygen atoms in total. The Kier molecular flexibility index (Phi) is 3.95. The van der Waals surface area contributed by atoms with E-state index in [0.717, 1.165) is 62.9 Å². The van der Waals surface area contributed by atoms with Crippen molar-refractivity contribution in [1.82, 2.24) is 5.32 Å². The molecular formula is C23H17ClN2O. The van der Waals surface area contributed by atoms with Gasteiger partial charge in [-0.1, -0.05) is 60.1 Å². The van der Waals surface area contributed by atoms with Gasteiger partial charge in [0.15, 0.2) is 0 Å². The van der Waals surface area contributed by atoms with Gasteiger partial charge < -0.3 is 9.73 Å². The van der Waals surface area contributed by atoms with E-state index in [1.807, 2.05) is 48.5 Å². The number of benzene rings is 3. The Morgan fingerprint density at radius 2 is 1.63 bits per heavy atom. The van der Waals surface area contributed by atoms with Crippen LogP contribution in [-0.2, 0) is 0 Å². The van der Waals surface area contributed by atoms with Crippen LogP contribution in [-0.4, -0.2) is 18.9 Å². The highest BCUT2D eigenvalue weighted by Gasteiger charge is 2.17. The second-order valence-electron chi connectivity index (χ2n) is 6.54. The summed E-state index contributed by atoms with van der Waals surface area (Å²) in [6, 6.07) is 24.4. The molecule has 0 saturated heterocycles. The van der Waals surface area contributed by atoms with E-state index < -0.39 is 0 Å². The molecular weight excluding hydrogens is 356 g/mol. The fraction of sp³-hybridized carbons (Fsp3) is 0.0870. The molecule has 27 heavy (non-hydrogen) atoms. The summed E-state index contributed by atoms with van der Waals surface area (Å²) in [5.41, 5.74) is 5.24. The first kappa shape index (κ1) is 16.2. The van der Waals surface area contributed by atoms with Crippen LogP contribution in [0.5, 0.6) is 0 Å². The van der Waals surface area contributed by atoms with Gasteiger partial charge in [0, 0.05) is 28.1 Å². The Morgan fingerprint density at radius 3 is 2.41 bits per heavy atom. The zero-order chi connectivity index (χ0) is 18.2. The molecule has 0 atom stereocenters. The quantitative estimate of drug-likeness (QED) is 0.495. The largest absolute Gasteiger partial charge is 0.456 e. The molecule has 0 aliphatic carbocycles. The van der Waals surface area contributed by atoms with Crippen LogP contribution in [0.4, 0.5) is 0 Å². The Bertz CT molecular complexity index is 1160. The Balaban J connectivity index is 1.67. The van der Waals surface area contributed by atoms with Crippen LogP contribution in [0.25, 0.3) is 33.4 Å². The Labute approximate surface area is 162 Å². The van der Waals surface area contributed by atoms with Gasteiger partial charge >= 0.3 is 0 Å². The summed E-state index contributed by atoms with van der Waals surface area (Å²) in [4.78, 5) is 4.57. The van der Waals surface area contributed by atoms with Gasteiger partial charge in [0.25, 0.3) is 0 Å². The highest BCUT2D eigenvalue weighted by molar-refractivity contribution is 6.30. The summed E-state index contributed by atoms with van der Waals surface area (Å²) in [7, 11) is 0. The second kappa shape index (κ2) is 6.60. The SMILES string of the molecule is Clc1ccc(-c2cccc3oc(-c4ccccc4C4=NCCN4)cc23)cc1. The molecule has 132 valence electrons. The number of fused-ring (bicyclic) bond motifs is 1. The molecule has 1 aliphatic heterocycles.